The number of amides is 1. The van der Waals surface area contributed by atoms with Gasteiger partial charge in [-0.1, -0.05) is 0 Å². The van der Waals surface area contributed by atoms with Crippen molar-refractivity contribution in [2.75, 3.05) is 5.32 Å². The Morgan fingerprint density at radius 2 is 1.90 bits per heavy atom. The number of carbonyl (C=O) groups is 1. The molecule has 0 heterocycles. The maximum atomic E-state index is 13.2. The summed E-state index contributed by atoms with van der Waals surface area (Å²) in [5.74, 6) is -2.04. The topological polar surface area (TPSA) is 72.2 Å². The van der Waals surface area contributed by atoms with Crippen molar-refractivity contribution in [2.24, 2.45) is 0 Å². The van der Waals surface area contributed by atoms with Crippen LogP contribution in [0.1, 0.15) is 15.9 Å². The molecule has 0 saturated carbocycles. The van der Waals surface area contributed by atoms with Crippen LogP contribution in [0.25, 0.3) is 0 Å². The maximum Gasteiger partial charge on any atom is 0.282 e. The lowest BCUT2D eigenvalue weighted by Crippen LogP contribution is -2.14. The molecule has 0 radical (unpaired) electrons. The van der Waals surface area contributed by atoms with E-state index < -0.39 is 33.7 Å². The van der Waals surface area contributed by atoms with Crippen LogP contribution < -0.4 is 5.32 Å². The Balaban J connectivity index is 2.34. The van der Waals surface area contributed by atoms with Crippen molar-refractivity contribution in [3.05, 3.63) is 69.3 Å². The minimum atomic E-state index is -0.841. The molecule has 5 nitrogen and oxygen atoms in total. The third-order valence-corrected chi connectivity index (χ3v) is 2.82. The number of benzene rings is 2. The highest BCUT2D eigenvalue weighted by molar-refractivity contribution is 6.07. The molecule has 1 amide bonds. The van der Waals surface area contributed by atoms with Gasteiger partial charge < -0.3 is 5.32 Å². The molecule has 0 aliphatic rings. The second-order valence-corrected chi connectivity index (χ2v) is 4.34. The fraction of sp³-hybridized carbons (Fsp3) is 0.0714. The van der Waals surface area contributed by atoms with Crippen molar-refractivity contribution in [1.29, 1.82) is 0 Å². The van der Waals surface area contributed by atoms with Gasteiger partial charge in [0.2, 0.25) is 0 Å². The van der Waals surface area contributed by atoms with Crippen LogP contribution in [0.4, 0.5) is 20.2 Å². The molecule has 7 heteroatoms. The Bertz CT molecular complexity index is 732. The second kappa shape index (κ2) is 5.66. The van der Waals surface area contributed by atoms with Gasteiger partial charge in [0.15, 0.2) is 0 Å². The van der Waals surface area contributed by atoms with Crippen LogP contribution in [0.15, 0.2) is 36.4 Å². The predicted octanol–water partition coefficient (Wildman–Crippen LogP) is 3.43. The average molecular weight is 292 g/mol. The highest BCUT2D eigenvalue weighted by atomic mass is 19.1. The van der Waals surface area contributed by atoms with Crippen molar-refractivity contribution in [1.82, 2.24) is 0 Å². The number of anilines is 1. The number of nitrogens with one attached hydrogen (secondary N) is 1. The first-order chi connectivity index (χ1) is 9.88. The van der Waals surface area contributed by atoms with E-state index in [2.05, 4.69) is 5.32 Å². The Morgan fingerprint density at radius 1 is 1.19 bits per heavy atom. The van der Waals surface area contributed by atoms with E-state index in [1.54, 1.807) is 0 Å². The van der Waals surface area contributed by atoms with Gasteiger partial charge in [-0.05, 0) is 42.8 Å². The van der Waals surface area contributed by atoms with Crippen molar-refractivity contribution < 1.29 is 18.5 Å². The van der Waals surface area contributed by atoms with Crippen LogP contribution in [-0.4, -0.2) is 10.8 Å². The SMILES string of the molecule is Cc1cc(NC(=O)c2cc(F)ccc2[N+](=O)[O-])ccc1F. The first kappa shape index (κ1) is 14.6. The van der Waals surface area contributed by atoms with E-state index in [1.165, 1.54) is 19.1 Å². The molecule has 0 atom stereocenters. The van der Waals surface area contributed by atoms with Gasteiger partial charge in [0.1, 0.15) is 17.2 Å². The van der Waals surface area contributed by atoms with E-state index in [0.717, 1.165) is 24.3 Å². The Kier molecular flexibility index (Phi) is 3.93. The number of rotatable bonds is 3. The van der Waals surface area contributed by atoms with Crippen molar-refractivity contribution >= 4 is 17.3 Å². The maximum absolute atomic E-state index is 13.2. The van der Waals surface area contributed by atoms with Gasteiger partial charge in [-0.25, -0.2) is 8.78 Å². The zero-order chi connectivity index (χ0) is 15.6. The minimum absolute atomic E-state index is 0.262. The standard InChI is InChI=1S/C14H10F2N2O3/c1-8-6-10(3-4-12(8)16)17-14(19)11-7-9(15)2-5-13(11)18(20)21/h2-7H,1H3,(H,17,19). The summed E-state index contributed by atoms with van der Waals surface area (Å²) in [6, 6.07) is 6.44. The molecule has 1 N–H and O–H groups in total. The lowest BCUT2D eigenvalue weighted by atomic mass is 10.1. The number of nitro benzene ring substituents is 1. The lowest BCUT2D eigenvalue weighted by molar-refractivity contribution is -0.385. The van der Waals surface area contributed by atoms with Crippen molar-refractivity contribution in [2.45, 2.75) is 6.92 Å². The number of nitro groups is 1. The molecule has 0 saturated heterocycles. The molecule has 2 aromatic carbocycles. The molecular weight excluding hydrogens is 282 g/mol. The van der Waals surface area contributed by atoms with Gasteiger partial charge >= 0.3 is 0 Å². The fourth-order valence-corrected chi connectivity index (χ4v) is 1.77. The van der Waals surface area contributed by atoms with Gasteiger partial charge in [0.25, 0.3) is 11.6 Å². The van der Waals surface area contributed by atoms with Crippen LogP contribution in [0.5, 0.6) is 0 Å². The molecule has 0 fully saturated rings. The molecule has 0 unspecified atom stereocenters. The zero-order valence-electron chi connectivity index (χ0n) is 10.9. The van der Waals surface area contributed by atoms with E-state index in [9.17, 15) is 23.7 Å². The van der Waals surface area contributed by atoms with Gasteiger partial charge in [-0.2, -0.15) is 0 Å². The van der Waals surface area contributed by atoms with Crippen LogP contribution in [0.2, 0.25) is 0 Å². The number of aryl methyl sites for hydroxylation is 1. The number of hydrogen-bond donors (Lipinski definition) is 1. The molecule has 2 aromatic rings. The highest BCUT2D eigenvalue weighted by Crippen LogP contribution is 2.21. The zero-order valence-corrected chi connectivity index (χ0v) is 10.9. The molecule has 21 heavy (non-hydrogen) atoms. The summed E-state index contributed by atoms with van der Waals surface area (Å²) < 4.78 is 26.3. The molecule has 108 valence electrons. The fourth-order valence-electron chi connectivity index (χ4n) is 1.77. The molecule has 0 aliphatic carbocycles. The third kappa shape index (κ3) is 3.19. The van der Waals surface area contributed by atoms with Crippen LogP contribution in [-0.2, 0) is 0 Å². The molecule has 0 bridgehead atoms. The number of nitrogens with zero attached hydrogens (tertiary/aromatic N) is 1. The monoisotopic (exact) mass is 292 g/mol. The quantitative estimate of drug-likeness (QED) is 0.695. The number of hydrogen-bond acceptors (Lipinski definition) is 3. The lowest BCUT2D eigenvalue weighted by Gasteiger charge is -2.07. The van der Waals surface area contributed by atoms with Gasteiger partial charge in [-0.15, -0.1) is 0 Å². The molecule has 0 aromatic heterocycles. The van der Waals surface area contributed by atoms with E-state index >= 15 is 0 Å². The van der Waals surface area contributed by atoms with Crippen LogP contribution in [0, 0.1) is 28.7 Å². The smallest absolute Gasteiger partial charge is 0.282 e. The van der Waals surface area contributed by atoms with E-state index in [4.69, 9.17) is 0 Å². The largest absolute Gasteiger partial charge is 0.322 e. The number of carbonyl (C=O) groups excluding carboxylic acids is 1. The van der Waals surface area contributed by atoms with Gasteiger partial charge in [0, 0.05) is 11.8 Å². The predicted molar refractivity (Wildman–Crippen MR) is 72.1 cm³/mol. The minimum Gasteiger partial charge on any atom is -0.322 e. The molecule has 0 aliphatic heterocycles. The van der Waals surface area contributed by atoms with E-state index in [1.807, 2.05) is 0 Å². The molecular formula is C14H10F2N2O3. The van der Waals surface area contributed by atoms with Crippen LogP contribution >= 0.6 is 0 Å². The molecule has 2 rings (SSSR count). The normalized spacial score (nSPS) is 10.2. The Labute approximate surface area is 118 Å². The van der Waals surface area contributed by atoms with Gasteiger partial charge in [-0.3, -0.25) is 14.9 Å². The van der Waals surface area contributed by atoms with E-state index in [0.29, 0.717) is 5.56 Å². The summed E-state index contributed by atoms with van der Waals surface area (Å²) >= 11 is 0. The summed E-state index contributed by atoms with van der Waals surface area (Å²) in [6.45, 7) is 1.51. The first-order valence-corrected chi connectivity index (χ1v) is 5.90. The first-order valence-electron chi connectivity index (χ1n) is 5.90. The van der Waals surface area contributed by atoms with Crippen molar-refractivity contribution in [3.8, 4) is 0 Å². The second-order valence-electron chi connectivity index (χ2n) is 4.34. The van der Waals surface area contributed by atoms with Crippen LogP contribution in [0.3, 0.4) is 0 Å². The number of halogens is 2. The van der Waals surface area contributed by atoms with Crippen molar-refractivity contribution in [3.63, 3.8) is 0 Å². The summed E-state index contributed by atoms with van der Waals surface area (Å²) in [4.78, 5) is 22.1. The van der Waals surface area contributed by atoms with Gasteiger partial charge in [0.05, 0.1) is 4.92 Å². The Morgan fingerprint density at radius 3 is 2.52 bits per heavy atom. The molecule has 0 spiro atoms. The summed E-state index contributed by atoms with van der Waals surface area (Å²) in [6.07, 6.45) is 0. The third-order valence-electron chi connectivity index (χ3n) is 2.82. The van der Waals surface area contributed by atoms with E-state index in [-0.39, 0.29) is 5.69 Å². The Hall–Kier alpha value is -2.83. The summed E-state index contributed by atoms with van der Waals surface area (Å²) in [5, 5.41) is 13.2. The average Bonchev–Trinajstić information content (AvgIpc) is 2.42. The summed E-state index contributed by atoms with van der Waals surface area (Å²) in [7, 11) is 0. The summed E-state index contributed by atoms with van der Waals surface area (Å²) in [5.41, 5.74) is -0.339. The highest BCUT2D eigenvalue weighted by Gasteiger charge is 2.21.